The highest BCUT2D eigenvalue weighted by atomic mass is 32.1. The van der Waals surface area contributed by atoms with Crippen molar-refractivity contribution in [2.45, 2.75) is 20.4 Å². The minimum absolute atomic E-state index is 0.344. The molecule has 0 aliphatic rings. The van der Waals surface area contributed by atoms with Gasteiger partial charge in [-0.2, -0.15) is 0 Å². The van der Waals surface area contributed by atoms with Crippen LogP contribution in [-0.4, -0.2) is 15.0 Å². The van der Waals surface area contributed by atoms with Crippen molar-refractivity contribution < 1.29 is 0 Å². The molecule has 98 valence electrons. The molecule has 0 saturated heterocycles. The summed E-state index contributed by atoms with van der Waals surface area (Å²) in [6.45, 7) is 4.53. The summed E-state index contributed by atoms with van der Waals surface area (Å²) in [5.41, 5.74) is 9.47. The fourth-order valence-electron chi connectivity index (χ4n) is 1.68. The minimum Gasteiger partial charge on any atom is -0.389 e. The number of rotatable bonds is 4. The van der Waals surface area contributed by atoms with E-state index >= 15 is 0 Å². The standard InChI is InChI=1S/C14H16N4S/c1-9-3-5-11(7-16-9)8-17-14-12(13(15)19)6-4-10(2)18-14/h3-7H,8H2,1-2H3,(H2,15,19)(H,17,18). The van der Waals surface area contributed by atoms with Crippen molar-refractivity contribution in [1.29, 1.82) is 0 Å². The van der Waals surface area contributed by atoms with Gasteiger partial charge in [0, 0.05) is 24.1 Å². The fourth-order valence-corrected chi connectivity index (χ4v) is 1.84. The van der Waals surface area contributed by atoms with Crippen LogP contribution in [0.5, 0.6) is 0 Å². The van der Waals surface area contributed by atoms with E-state index in [0.717, 1.165) is 22.5 Å². The lowest BCUT2D eigenvalue weighted by Crippen LogP contribution is -2.14. The average molecular weight is 272 g/mol. The number of aromatic nitrogens is 2. The van der Waals surface area contributed by atoms with E-state index in [2.05, 4.69) is 15.3 Å². The van der Waals surface area contributed by atoms with Crippen LogP contribution in [0.3, 0.4) is 0 Å². The molecule has 2 rings (SSSR count). The van der Waals surface area contributed by atoms with Crippen molar-refractivity contribution in [3.05, 3.63) is 53.0 Å². The molecule has 3 N–H and O–H groups in total. The second-order valence-corrected chi connectivity index (χ2v) is 4.81. The quantitative estimate of drug-likeness (QED) is 0.836. The zero-order valence-corrected chi connectivity index (χ0v) is 11.8. The van der Waals surface area contributed by atoms with E-state index in [1.807, 2.05) is 44.3 Å². The Labute approximate surface area is 118 Å². The third kappa shape index (κ3) is 3.48. The second kappa shape index (κ2) is 5.75. The van der Waals surface area contributed by atoms with Crippen LogP contribution in [-0.2, 0) is 6.54 Å². The predicted molar refractivity (Wildman–Crippen MR) is 81.2 cm³/mol. The van der Waals surface area contributed by atoms with Gasteiger partial charge >= 0.3 is 0 Å². The molecular formula is C14H16N4S. The van der Waals surface area contributed by atoms with Gasteiger partial charge in [-0.15, -0.1) is 0 Å². The first-order chi connectivity index (χ1) is 9.06. The summed E-state index contributed by atoms with van der Waals surface area (Å²) in [6, 6.07) is 7.80. The second-order valence-electron chi connectivity index (χ2n) is 4.37. The van der Waals surface area contributed by atoms with Crippen molar-refractivity contribution in [1.82, 2.24) is 9.97 Å². The number of nitrogens with one attached hydrogen (secondary N) is 1. The summed E-state index contributed by atoms with van der Waals surface area (Å²) >= 11 is 5.03. The molecule has 5 heteroatoms. The van der Waals surface area contributed by atoms with Crippen LogP contribution in [0.1, 0.15) is 22.5 Å². The maximum absolute atomic E-state index is 5.69. The molecule has 19 heavy (non-hydrogen) atoms. The Hall–Kier alpha value is -2.01. The van der Waals surface area contributed by atoms with E-state index in [-0.39, 0.29) is 0 Å². The van der Waals surface area contributed by atoms with Gasteiger partial charge in [-0.05, 0) is 37.6 Å². The van der Waals surface area contributed by atoms with Crippen LogP contribution in [0, 0.1) is 13.8 Å². The topological polar surface area (TPSA) is 63.8 Å². The van der Waals surface area contributed by atoms with Crippen LogP contribution in [0.4, 0.5) is 5.82 Å². The molecule has 0 amide bonds. The van der Waals surface area contributed by atoms with Crippen molar-refractivity contribution in [2.75, 3.05) is 5.32 Å². The summed E-state index contributed by atoms with van der Waals surface area (Å²) in [5.74, 6) is 0.716. The van der Waals surface area contributed by atoms with Gasteiger partial charge in [-0.3, -0.25) is 4.98 Å². The zero-order valence-electron chi connectivity index (χ0n) is 11.0. The molecule has 2 aromatic heterocycles. The largest absolute Gasteiger partial charge is 0.389 e. The summed E-state index contributed by atoms with van der Waals surface area (Å²) in [6.07, 6.45) is 1.85. The van der Waals surface area contributed by atoms with Crippen molar-refractivity contribution >= 4 is 23.0 Å². The predicted octanol–water partition coefficient (Wildman–Crippen LogP) is 2.34. The first-order valence-corrected chi connectivity index (χ1v) is 6.40. The maximum Gasteiger partial charge on any atom is 0.136 e. The molecule has 0 radical (unpaired) electrons. The first kappa shape index (κ1) is 13.4. The molecule has 0 aromatic carbocycles. The lowest BCUT2D eigenvalue weighted by atomic mass is 10.2. The Morgan fingerprint density at radius 3 is 2.58 bits per heavy atom. The van der Waals surface area contributed by atoms with Crippen molar-refractivity contribution in [3.63, 3.8) is 0 Å². The summed E-state index contributed by atoms with van der Waals surface area (Å²) in [4.78, 5) is 9.03. The first-order valence-electron chi connectivity index (χ1n) is 5.99. The number of hydrogen-bond donors (Lipinski definition) is 2. The Bertz CT molecular complexity index is 593. The molecule has 0 saturated carbocycles. The Morgan fingerprint density at radius 2 is 1.95 bits per heavy atom. The molecule has 2 heterocycles. The SMILES string of the molecule is Cc1ccc(CNc2nc(C)ccc2C(N)=S)cn1. The van der Waals surface area contributed by atoms with Crippen LogP contribution in [0.15, 0.2) is 30.5 Å². The van der Waals surface area contributed by atoms with Crippen LogP contribution >= 0.6 is 12.2 Å². The van der Waals surface area contributed by atoms with Gasteiger partial charge in [0.15, 0.2) is 0 Å². The van der Waals surface area contributed by atoms with Gasteiger partial charge in [-0.25, -0.2) is 4.98 Å². The molecule has 0 aliphatic heterocycles. The maximum atomic E-state index is 5.69. The van der Waals surface area contributed by atoms with Crippen molar-refractivity contribution in [3.8, 4) is 0 Å². The Balaban J connectivity index is 2.16. The number of nitrogens with two attached hydrogens (primary N) is 1. The number of anilines is 1. The van der Waals surface area contributed by atoms with E-state index in [4.69, 9.17) is 18.0 Å². The average Bonchev–Trinajstić information content (AvgIpc) is 2.38. The van der Waals surface area contributed by atoms with Crippen LogP contribution in [0.2, 0.25) is 0 Å². The number of thiocarbonyl (C=S) groups is 1. The molecule has 2 aromatic rings. The smallest absolute Gasteiger partial charge is 0.136 e. The van der Waals surface area contributed by atoms with E-state index in [1.54, 1.807) is 0 Å². The van der Waals surface area contributed by atoms with Crippen LogP contribution in [0.25, 0.3) is 0 Å². The number of aryl methyl sites for hydroxylation is 2. The molecule has 0 unspecified atom stereocenters. The fraction of sp³-hybridized carbons (Fsp3) is 0.214. The highest BCUT2D eigenvalue weighted by molar-refractivity contribution is 7.80. The Morgan fingerprint density at radius 1 is 1.21 bits per heavy atom. The zero-order chi connectivity index (χ0) is 13.8. The monoisotopic (exact) mass is 272 g/mol. The van der Waals surface area contributed by atoms with E-state index < -0.39 is 0 Å². The van der Waals surface area contributed by atoms with Gasteiger partial charge < -0.3 is 11.1 Å². The Kier molecular flexibility index (Phi) is 4.06. The summed E-state index contributed by atoms with van der Waals surface area (Å²) < 4.78 is 0. The van der Waals surface area contributed by atoms with E-state index in [1.165, 1.54) is 0 Å². The highest BCUT2D eigenvalue weighted by Gasteiger charge is 2.06. The normalized spacial score (nSPS) is 10.2. The van der Waals surface area contributed by atoms with Gasteiger partial charge in [0.05, 0.1) is 5.56 Å². The van der Waals surface area contributed by atoms with Gasteiger partial charge in [0.1, 0.15) is 10.8 Å². The van der Waals surface area contributed by atoms with Crippen LogP contribution < -0.4 is 11.1 Å². The van der Waals surface area contributed by atoms with Crippen molar-refractivity contribution in [2.24, 2.45) is 5.73 Å². The lowest BCUT2D eigenvalue weighted by molar-refractivity contribution is 1.05. The summed E-state index contributed by atoms with van der Waals surface area (Å²) in [5, 5.41) is 3.25. The molecular weight excluding hydrogens is 256 g/mol. The molecule has 0 aliphatic carbocycles. The minimum atomic E-state index is 0.344. The number of hydrogen-bond acceptors (Lipinski definition) is 4. The molecule has 0 bridgehead atoms. The molecule has 0 atom stereocenters. The van der Waals surface area contributed by atoms with Gasteiger partial charge in [-0.1, -0.05) is 18.3 Å². The highest BCUT2D eigenvalue weighted by Crippen LogP contribution is 2.14. The molecule has 0 fully saturated rings. The van der Waals surface area contributed by atoms with Gasteiger partial charge in [0.25, 0.3) is 0 Å². The molecule has 0 spiro atoms. The van der Waals surface area contributed by atoms with Gasteiger partial charge in [0.2, 0.25) is 0 Å². The number of nitrogens with zero attached hydrogens (tertiary/aromatic N) is 2. The van der Waals surface area contributed by atoms with E-state index in [9.17, 15) is 0 Å². The third-order valence-electron chi connectivity index (χ3n) is 2.73. The third-order valence-corrected chi connectivity index (χ3v) is 2.95. The van der Waals surface area contributed by atoms with E-state index in [0.29, 0.717) is 17.4 Å². The summed E-state index contributed by atoms with van der Waals surface area (Å²) in [7, 11) is 0. The lowest BCUT2D eigenvalue weighted by Gasteiger charge is -2.11. The number of pyridine rings is 2. The molecule has 4 nitrogen and oxygen atoms in total.